The maximum absolute atomic E-state index is 5.44. The average molecular weight is 254 g/mol. The van der Waals surface area contributed by atoms with E-state index in [9.17, 15) is 0 Å². The van der Waals surface area contributed by atoms with E-state index < -0.39 is 0 Å². The van der Waals surface area contributed by atoms with E-state index in [4.69, 9.17) is 4.74 Å². The van der Waals surface area contributed by atoms with Crippen molar-refractivity contribution in [2.24, 2.45) is 5.92 Å². The Hall–Kier alpha value is -0.120. The molecule has 0 aromatic rings. The minimum atomic E-state index is 0.347. The van der Waals surface area contributed by atoms with Gasteiger partial charge in [0.25, 0.3) is 0 Å². The lowest BCUT2D eigenvalue weighted by Crippen LogP contribution is -2.47. The highest BCUT2D eigenvalue weighted by atomic mass is 16.5. The van der Waals surface area contributed by atoms with E-state index >= 15 is 0 Å². The Kier molecular flexibility index (Phi) is 4.68. The van der Waals surface area contributed by atoms with Gasteiger partial charge in [0.15, 0.2) is 0 Å². The Morgan fingerprint density at radius 1 is 1.06 bits per heavy atom. The molecule has 2 aliphatic heterocycles. The van der Waals surface area contributed by atoms with Crippen molar-refractivity contribution in [2.45, 2.75) is 51.7 Å². The van der Waals surface area contributed by atoms with Crippen molar-refractivity contribution in [3.63, 3.8) is 0 Å². The molecule has 0 aromatic heterocycles. The SMILES string of the molecule is COC1CCN(CC2CCN(C(C)(C)C)CC2)C1. The lowest BCUT2D eigenvalue weighted by molar-refractivity contribution is 0.0717. The Balaban J connectivity index is 1.71. The van der Waals surface area contributed by atoms with Crippen LogP contribution in [-0.4, -0.2) is 61.3 Å². The van der Waals surface area contributed by atoms with Gasteiger partial charge >= 0.3 is 0 Å². The van der Waals surface area contributed by atoms with Gasteiger partial charge in [0, 0.05) is 32.3 Å². The summed E-state index contributed by atoms with van der Waals surface area (Å²) in [6.45, 7) is 13.2. The smallest absolute Gasteiger partial charge is 0.0710 e. The third-order valence-electron chi connectivity index (χ3n) is 4.64. The zero-order chi connectivity index (χ0) is 13.2. The van der Waals surface area contributed by atoms with Crippen molar-refractivity contribution in [2.75, 3.05) is 39.8 Å². The number of nitrogens with zero attached hydrogens (tertiary/aromatic N) is 2. The van der Waals surface area contributed by atoms with Gasteiger partial charge in [-0.05, 0) is 59.0 Å². The number of ether oxygens (including phenoxy) is 1. The highest BCUT2D eigenvalue weighted by Crippen LogP contribution is 2.25. The van der Waals surface area contributed by atoms with Gasteiger partial charge in [-0.3, -0.25) is 4.90 Å². The van der Waals surface area contributed by atoms with E-state index in [2.05, 4.69) is 30.6 Å². The van der Waals surface area contributed by atoms with E-state index in [0.29, 0.717) is 11.6 Å². The molecule has 2 aliphatic rings. The molecule has 106 valence electrons. The van der Waals surface area contributed by atoms with Crippen LogP contribution in [0.5, 0.6) is 0 Å². The summed E-state index contributed by atoms with van der Waals surface area (Å²) in [5, 5.41) is 0. The molecule has 0 saturated carbocycles. The molecule has 3 heteroatoms. The number of piperidine rings is 1. The third-order valence-corrected chi connectivity index (χ3v) is 4.64. The zero-order valence-corrected chi connectivity index (χ0v) is 12.6. The molecule has 3 nitrogen and oxygen atoms in total. The second kappa shape index (κ2) is 5.89. The number of methoxy groups -OCH3 is 1. The van der Waals surface area contributed by atoms with Crippen LogP contribution in [0.15, 0.2) is 0 Å². The summed E-state index contributed by atoms with van der Waals surface area (Å²) in [6, 6.07) is 0. The van der Waals surface area contributed by atoms with Gasteiger partial charge in [0.1, 0.15) is 0 Å². The van der Waals surface area contributed by atoms with Crippen LogP contribution in [0.1, 0.15) is 40.0 Å². The Morgan fingerprint density at radius 2 is 1.72 bits per heavy atom. The van der Waals surface area contributed by atoms with Crippen molar-refractivity contribution in [1.29, 1.82) is 0 Å². The van der Waals surface area contributed by atoms with Crippen LogP contribution in [0.4, 0.5) is 0 Å². The molecule has 2 rings (SSSR count). The van der Waals surface area contributed by atoms with Crippen molar-refractivity contribution < 1.29 is 4.74 Å². The molecule has 0 aliphatic carbocycles. The first-order chi connectivity index (χ1) is 8.49. The Bertz CT molecular complexity index is 254. The zero-order valence-electron chi connectivity index (χ0n) is 12.6. The van der Waals surface area contributed by atoms with E-state index in [-0.39, 0.29) is 0 Å². The predicted molar refractivity (Wildman–Crippen MR) is 75.9 cm³/mol. The summed E-state index contributed by atoms with van der Waals surface area (Å²) >= 11 is 0. The second-order valence-electron chi connectivity index (χ2n) is 7.01. The monoisotopic (exact) mass is 254 g/mol. The third kappa shape index (κ3) is 3.69. The normalized spacial score (nSPS) is 29.0. The van der Waals surface area contributed by atoms with Crippen LogP contribution >= 0.6 is 0 Å². The van der Waals surface area contributed by atoms with Gasteiger partial charge in [0.2, 0.25) is 0 Å². The fourth-order valence-electron chi connectivity index (χ4n) is 3.31. The van der Waals surface area contributed by atoms with Gasteiger partial charge in [-0.2, -0.15) is 0 Å². The highest BCUT2D eigenvalue weighted by Gasteiger charge is 2.29. The number of rotatable bonds is 3. The lowest BCUT2D eigenvalue weighted by Gasteiger charge is -2.41. The largest absolute Gasteiger partial charge is 0.380 e. The van der Waals surface area contributed by atoms with E-state index in [1.807, 2.05) is 7.11 Å². The minimum Gasteiger partial charge on any atom is -0.380 e. The van der Waals surface area contributed by atoms with Crippen LogP contribution in [0.2, 0.25) is 0 Å². The number of hydrogen-bond donors (Lipinski definition) is 0. The summed E-state index contributed by atoms with van der Waals surface area (Å²) < 4.78 is 5.44. The summed E-state index contributed by atoms with van der Waals surface area (Å²) in [7, 11) is 1.84. The van der Waals surface area contributed by atoms with Gasteiger partial charge < -0.3 is 9.64 Å². The fraction of sp³-hybridized carbons (Fsp3) is 1.00. The van der Waals surface area contributed by atoms with Crippen LogP contribution in [0, 0.1) is 5.92 Å². The van der Waals surface area contributed by atoms with Crippen LogP contribution in [0.3, 0.4) is 0 Å². The molecular weight excluding hydrogens is 224 g/mol. The molecule has 0 spiro atoms. The maximum Gasteiger partial charge on any atom is 0.0710 e. The molecule has 1 atom stereocenters. The van der Waals surface area contributed by atoms with Crippen molar-refractivity contribution in [3.05, 3.63) is 0 Å². The first-order valence-corrected chi connectivity index (χ1v) is 7.49. The second-order valence-corrected chi connectivity index (χ2v) is 7.01. The van der Waals surface area contributed by atoms with Gasteiger partial charge in [-0.1, -0.05) is 0 Å². The van der Waals surface area contributed by atoms with Gasteiger partial charge in [-0.25, -0.2) is 0 Å². The summed E-state index contributed by atoms with van der Waals surface area (Å²) in [4.78, 5) is 5.23. The van der Waals surface area contributed by atoms with Crippen LogP contribution < -0.4 is 0 Å². The summed E-state index contributed by atoms with van der Waals surface area (Å²) in [6.07, 6.45) is 4.44. The molecule has 2 heterocycles. The van der Waals surface area contributed by atoms with E-state index in [1.165, 1.54) is 45.4 Å². The summed E-state index contributed by atoms with van der Waals surface area (Å²) in [5.41, 5.74) is 0.347. The first kappa shape index (κ1) is 14.3. The molecule has 18 heavy (non-hydrogen) atoms. The number of likely N-dealkylation sites (tertiary alicyclic amines) is 2. The van der Waals surface area contributed by atoms with Gasteiger partial charge in [-0.15, -0.1) is 0 Å². The van der Waals surface area contributed by atoms with Crippen molar-refractivity contribution in [3.8, 4) is 0 Å². The standard InChI is InChI=1S/C15H30N2O/c1-15(2,3)17-9-5-13(6-10-17)11-16-8-7-14(12-16)18-4/h13-14H,5-12H2,1-4H3. The molecule has 0 aromatic carbocycles. The average Bonchev–Trinajstić information content (AvgIpc) is 2.76. The quantitative estimate of drug-likeness (QED) is 0.768. The number of hydrogen-bond acceptors (Lipinski definition) is 3. The minimum absolute atomic E-state index is 0.347. The topological polar surface area (TPSA) is 15.7 Å². The summed E-state index contributed by atoms with van der Waals surface area (Å²) in [5.74, 6) is 0.902. The molecule has 2 fully saturated rings. The molecular formula is C15H30N2O. The molecule has 0 radical (unpaired) electrons. The highest BCUT2D eigenvalue weighted by molar-refractivity contribution is 4.84. The predicted octanol–water partition coefficient (Wildman–Crippen LogP) is 2.22. The van der Waals surface area contributed by atoms with Crippen LogP contribution in [-0.2, 0) is 4.74 Å². The Labute approximate surface area is 112 Å². The molecule has 0 N–H and O–H groups in total. The van der Waals surface area contributed by atoms with E-state index in [0.717, 1.165) is 12.5 Å². The van der Waals surface area contributed by atoms with E-state index in [1.54, 1.807) is 0 Å². The molecule has 0 amide bonds. The molecule has 2 saturated heterocycles. The molecule has 0 bridgehead atoms. The first-order valence-electron chi connectivity index (χ1n) is 7.49. The van der Waals surface area contributed by atoms with Gasteiger partial charge in [0.05, 0.1) is 6.10 Å². The lowest BCUT2D eigenvalue weighted by atomic mass is 9.92. The maximum atomic E-state index is 5.44. The molecule has 1 unspecified atom stereocenters. The van der Waals surface area contributed by atoms with Crippen LogP contribution in [0.25, 0.3) is 0 Å². The Morgan fingerprint density at radius 3 is 2.22 bits per heavy atom. The van der Waals surface area contributed by atoms with Crippen molar-refractivity contribution in [1.82, 2.24) is 9.80 Å². The van der Waals surface area contributed by atoms with Crippen molar-refractivity contribution >= 4 is 0 Å². The fourth-order valence-corrected chi connectivity index (χ4v) is 3.31.